The van der Waals surface area contributed by atoms with Gasteiger partial charge in [-0.1, -0.05) is 19.1 Å². The van der Waals surface area contributed by atoms with Crippen LogP contribution in [0.15, 0.2) is 42.5 Å². The van der Waals surface area contributed by atoms with Crippen LogP contribution in [-0.2, 0) is 0 Å². The molecule has 0 fully saturated rings. The minimum atomic E-state index is 0.199. The summed E-state index contributed by atoms with van der Waals surface area (Å²) in [5, 5.41) is 17.9. The molecule has 1 heterocycles. The highest BCUT2D eigenvalue weighted by atomic mass is 16.5. The number of hydrogen-bond acceptors (Lipinski definition) is 4. The Morgan fingerprint density at radius 1 is 1.07 bits per heavy atom. The minimum Gasteiger partial charge on any atom is -0.494 e. The molecule has 0 aliphatic heterocycles. The van der Waals surface area contributed by atoms with Crippen LogP contribution < -0.4 is 15.4 Å². The van der Waals surface area contributed by atoms with Crippen molar-refractivity contribution in [2.75, 3.05) is 18.5 Å². The van der Waals surface area contributed by atoms with Crippen LogP contribution in [0.25, 0.3) is 22.2 Å². The van der Waals surface area contributed by atoms with E-state index in [1.807, 2.05) is 25.1 Å². The molecule has 3 rings (SSSR count). The Bertz CT molecular complexity index is 1030. The SMILES string of the molecule is CCCNC(C)Nc1ccc(-c2c(C#N)c3ccc(OCC)cc3n2C(C)C)cc1. The zero-order valence-corrected chi connectivity index (χ0v) is 18.6. The first-order chi connectivity index (χ1) is 14.5. The van der Waals surface area contributed by atoms with Gasteiger partial charge in [-0.3, -0.25) is 5.32 Å². The first kappa shape index (κ1) is 21.7. The van der Waals surface area contributed by atoms with Gasteiger partial charge in [-0.05, 0) is 70.5 Å². The molecule has 0 radical (unpaired) electrons. The van der Waals surface area contributed by atoms with Crippen molar-refractivity contribution in [3.05, 3.63) is 48.0 Å². The van der Waals surface area contributed by atoms with Gasteiger partial charge in [0, 0.05) is 23.2 Å². The highest BCUT2D eigenvalue weighted by Gasteiger charge is 2.21. The number of anilines is 1. The van der Waals surface area contributed by atoms with Crippen LogP contribution in [0.1, 0.15) is 52.6 Å². The third-order valence-electron chi connectivity index (χ3n) is 5.16. The summed E-state index contributed by atoms with van der Waals surface area (Å²) in [7, 11) is 0. The second-order valence-corrected chi connectivity index (χ2v) is 7.81. The van der Waals surface area contributed by atoms with E-state index in [1.54, 1.807) is 0 Å². The molecule has 3 aromatic rings. The van der Waals surface area contributed by atoms with Crippen LogP contribution in [0.3, 0.4) is 0 Å². The Kier molecular flexibility index (Phi) is 7.02. The van der Waals surface area contributed by atoms with Gasteiger partial charge >= 0.3 is 0 Å². The lowest BCUT2D eigenvalue weighted by atomic mass is 10.1. The lowest BCUT2D eigenvalue weighted by Crippen LogP contribution is -2.33. The fraction of sp³-hybridized carbons (Fsp3) is 0.400. The molecule has 0 amide bonds. The number of hydrogen-bond donors (Lipinski definition) is 2. The largest absolute Gasteiger partial charge is 0.494 e. The minimum absolute atomic E-state index is 0.199. The number of fused-ring (bicyclic) bond motifs is 1. The second-order valence-electron chi connectivity index (χ2n) is 7.81. The third kappa shape index (κ3) is 4.44. The molecule has 1 atom stereocenters. The number of aromatic nitrogens is 1. The standard InChI is InChI=1S/C25H32N4O/c1-6-14-27-18(5)28-20-10-8-19(9-11-20)25-23(16-26)22-13-12-21(30-7-2)15-24(22)29(25)17(3)4/h8-13,15,17-18,27-28H,6-7,14H2,1-5H3. The first-order valence-corrected chi connectivity index (χ1v) is 10.8. The summed E-state index contributed by atoms with van der Waals surface area (Å²) in [5.41, 5.74) is 4.79. The van der Waals surface area contributed by atoms with Crippen molar-refractivity contribution < 1.29 is 4.74 Å². The fourth-order valence-electron chi connectivity index (χ4n) is 3.87. The van der Waals surface area contributed by atoms with Crippen molar-refractivity contribution in [3.8, 4) is 23.1 Å². The van der Waals surface area contributed by atoms with Crippen LogP contribution in [0.4, 0.5) is 5.69 Å². The highest BCUT2D eigenvalue weighted by molar-refractivity contribution is 5.95. The number of nitriles is 1. The molecule has 0 spiro atoms. The summed E-state index contributed by atoms with van der Waals surface area (Å²) in [6.45, 7) is 12.1. The summed E-state index contributed by atoms with van der Waals surface area (Å²) in [6.07, 6.45) is 1.30. The van der Waals surface area contributed by atoms with E-state index in [4.69, 9.17) is 4.74 Å². The van der Waals surface area contributed by atoms with E-state index in [0.29, 0.717) is 12.2 Å². The van der Waals surface area contributed by atoms with Crippen molar-refractivity contribution in [2.24, 2.45) is 0 Å². The van der Waals surface area contributed by atoms with E-state index in [2.05, 4.69) is 73.2 Å². The Morgan fingerprint density at radius 3 is 2.40 bits per heavy atom. The van der Waals surface area contributed by atoms with E-state index >= 15 is 0 Å². The zero-order valence-electron chi connectivity index (χ0n) is 18.6. The van der Waals surface area contributed by atoms with Gasteiger partial charge in [-0.2, -0.15) is 5.26 Å². The van der Waals surface area contributed by atoms with Gasteiger partial charge < -0.3 is 14.6 Å². The monoisotopic (exact) mass is 404 g/mol. The third-order valence-corrected chi connectivity index (χ3v) is 5.16. The van der Waals surface area contributed by atoms with E-state index in [-0.39, 0.29) is 12.2 Å². The van der Waals surface area contributed by atoms with E-state index in [0.717, 1.165) is 46.6 Å². The Morgan fingerprint density at radius 2 is 1.80 bits per heavy atom. The Balaban J connectivity index is 2.04. The molecule has 0 saturated carbocycles. The number of ether oxygens (including phenoxy) is 1. The summed E-state index contributed by atoms with van der Waals surface area (Å²) >= 11 is 0. The van der Waals surface area contributed by atoms with Crippen LogP contribution in [0.2, 0.25) is 0 Å². The van der Waals surface area contributed by atoms with Gasteiger partial charge in [-0.25, -0.2) is 0 Å². The molecule has 5 nitrogen and oxygen atoms in total. The topological polar surface area (TPSA) is 62.0 Å². The average molecular weight is 405 g/mol. The summed E-state index contributed by atoms with van der Waals surface area (Å²) in [6, 6.07) is 17.0. The van der Waals surface area contributed by atoms with E-state index in [9.17, 15) is 5.26 Å². The number of rotatable bonds is 9. The molecule has 5 heteroatoms. The lowest BCUT2D eigenvalue weighted by molar-refractivity contribution is 0.340. The highest BCUT2D eigenvalue weighted by Crippen LogP contribution is 2.37. The summed E-state index contributed by atoms with van der Waals surface area (Å²) < 4.78 is 7.95. The molecule has 1 aromatic heterocycles. The molecule has 1 unspecified atom stereocenters. The molecule has 0 bridgehead atoms. The number of benzene rings is 2. The maximum absolute atomic E-state index is 9.99. The summed E-state index contributed by atoms with van der Waals surface area (Å²) in [5.74, 6) is 0.827. The van der Waals surface area contributed by atoms with Gasteiger partial charge in [0.05, 0.1) is 29.5 Å². The molecule has 0 saturated heterocycles. The number of nitrogens with one attached hydrogen (secondary N) is 2. The second kappa shape index (κ2) is 9.69. The molecule has 2 aromatic carbocycles. The molecular formula is C25H32N4O. The zero-order chi connectivity index (χ0) is 21.7. The molecule has 0 aliphatic carbocycles. The molecule has 0 aliphatic rings. The van der Waals surface area contributed by atoms with Gasteiger partial charge in [0.15, 0.2) is 0 Å². The van der Waals surface area contributed by atoms with Crippen molar-refractivity contribution in [2.45, 2.75) is 53.2 Å². The Labute approximate surface area is 179 Å². The smallest absolute Gasteiger partial charge is 0.121 e. The van der Waals surface area contributed by atoms with Crippen molar-refractivity contribution in [1.29, 1.82) is 5.26 Å². The number of nitrogens with zero attached hydrogens (tertiary/aromatic N) is 2. The van der Waals surface area contributed by atoms with E-state index < -0.39 is 0 Å². The van der Waals surface area contributed by atoms with Gasteiger partial charge in [0.25, 0.3) is 0 Å². The lowest BCUT2D eigenvalue weighted by Gasteiger charge is -2.18. The van der Waals surface area contributed by atoms with Crippen molar-refractivity contribution >= 4 is 16.6 Å². The molecule has 2 N–H and O–H groups in total. The van der Waals surface area contributed by atoms with Gasteiger partial charge in [-0.15, -0.1) is 0 Å². The predicted molar refractivity (Wildman–Crippen MR) is 125 cm³/mol. The van der Waals surface area contributed by atoms with Crippen LogP contribution in [-0.4, -0.2) is 23.9 Å². The van der Waals surface area contributed by atoms with Gasteiger partial charge in [0.2, 0.25) is 0 Å². The predicted octanol–water partition coefficient (Wildman–Crippen LogP) is 5.92. The van der Waals surface area contributed by atoms with Gasteiger partial charge in [0.1, 0.15) is 11.8 Å². The van der Waals surface area contributed by atoms with Crippen LogP contribution >= 0.6 is 0 Å². The average Bonchev–Trinajstić information content (AvgIpc) is 3.06. The van der Waals surface area contributed by atoms with E-state index in [1.165, 1.54) is 0 Å². The molecule has 30 heavy (non-hydrogen) atoms. The van der Waals surface area contributed by atoms with Crippen LogP contribution in [0, 0.1) is 11.3 Å². The quantitative estimate of drug-likeness (QED) is 0.435. The maximum Gasteiger partial charge on any atom is 0.121 e. The Hall–Kier alpha value is -2.97. The first-order valence-electron chi connectivity index (χ1n) is 10.8. The molecular weight excluding hydrogens is 372 g/mol. The van der Waals surface area contributed by atoms with Crippen molar-refractivity contribution in [1.82, 2.24) is 9.88 Å². The molecule has 158 valence electrons. The normalized spacial score (nSPS) is 12.2. The van der Waals surface area contributed by atoms with Crippen molar-refractivity contribution in [3.63, 3.8) is 0 Å². The fourth-order valence-corrected chi connectivity index (χ4v) is 3.87. The van der Waals surface area contributed by atoms with Crippen LogP contribution in [0.5, 0.6) is 5.75 Å². The maximum atomic E-state index is 9.99. The summed E-state index contributed by atoms with van der Waals surface area (Å²) in [4.78, 5) is 0.